The van der Waals surface area contributed by atoms with E-state index in [2.05, 4.69) is 32.0 Å². The molecule has 1 amide bonds. The molecule has 4 aromatic rings. The highest BCUT2D eigenvalue weighted by Crippen LogP contribution is 2.30. The summed E-state index contributed by atoms with van der Waals surface area (Å²) in [7, 11) is 0. The number of amides is 1. The number of aryl methyl sites for hydroxylation is 1. The maximum Gasteiger partial charge on any atom is 0.323 e. The Morgan fingerprint density at radius 3 is 2.73 bits per heavy atom. The van der Waals surface area contributed by atoms with Gasteiger partial charge in [-0.3, -0.25) is 9.36 Å². The fraction of sp³-hybridized carbons (Fsp3) is 0.227. The number of benzene rings is 2. The van der Waals surface area contributed by atoms with Crippen LogP contribution in [0.2, 0.25) is 0 Å². The van der Waals surface area contributed by atoms with Gasteiger partial charge in [0.2, 0.25) is 5.91 Å². The molecule has 0 bridgehead atoms. The number of rotatable bonds is 5. The number of fused-ring (bicyclic) bond motifs is 2. The Morgan fingerprint density at radius 2 is 1.87 bits per heavy atom. The summed E-state index contributed by atoms with van der Waals surface area (Å²) in [4.78, 5) is 34.2. The van der Waals surface area contributed by atoms with E-state index >= 15 is 0 Å². The van der Waals surface area contributed by atoms with Gasteiger partial charge in [-0.1, -0.05) is 30.0 Å². The zero-order valence-corrected chi connectivity index (χ0v) is 17.1. The lowest BCUT2D eigenvalue weighted by Crippen LogP contribution is -2.14. The number of imidazole rings is 2. The van der Waals surface area contributed by atoms with E-state index in [1.54, 1.807) is 18.2 Å². The van der Waals surface area contributed by atoms with E-state index in [1.165, 1.54) is 23.9 Å². The zero-order valence-electron chi connectivity index (χ0n) is 16.3. The van der Waals surface area contributed by atoms with Gasteiger partial charge in [0.1, 0.15) is 0 Å². The number of nitrogens with one attached hydrogen (secondary N) is 3. The van der Waals surface area contributed by atoms with E-state index in [9.17, 15) is 9.59 Å². The largest absolute Gasteiger partial charge is 0.325 e. The molecule has 2 aromatic heterocycles. The van der Waals surface area contributed by atoms with Crippen molar-refractivity contribution in [3.63, 3.8) is 0 Å². The van der Waals surface area contributed by atoms with Crippen molar-refractivity contribution in [2.24, 2.45) is 0 Å². The Balaban J connectivity index is 1.34. The van der Waals surface area contributed by atoms with Crippen LogP contribution >= 0.6 is 11.8 Å². The van der Waals surface area contributed by atoms with Crippen LogP contribution in [0.25, 0.3) is 16.7 Å². The van der Waals surface area contributed by atoms with Crippen molar-refractivity contribution in [2.75, 3.05) is 11.1 Å². The van der Waals surface area contributed by atoms with Crippen molar-refractivity contribution in [2.45, 2.75) is 30.8 Å². The molecule has 2 aromatic carbocycles. The van der Waals surface area contributed by atoms with Crippen molar-refractivity contribution >= 4 is 34.4 Å². The maximum atomic E-state index is 12.6. The summed E-state index contributed by atoms with van der Waals surface area (Å²) >= 11 is 1.45. The molecule has 30 heavy (non-hydrogen) atoms. The highest BCUT2D eigenvalue weighted by molar-refractivity contribution is 7.99. The molecule has 0 radical (unpaired) electrons. The second kappa shape index (κ2) is 7.87. The van der Waals surface area contributed by atoms with E-state index in [4.69, 9.17) is 4.98 Å². The maximum absolute atomic E-state index is 12.6. The Labute approximate surface area is 176 Å². The molecular formula is C22H21N5O2S. The van der Waals surface area contributed by atoms with Crippen LogP contribution in [0.5, 0.6) is 0 Å². The van der Waals surface area contributed by atoms with Crippen LogP contribution < -0.4 is 11.0 Å². The molecule has 3 N–H and O–H groups in total. The smallest absolute Gasteiger partial charge is 0.323 e. The second-order valence-electron chi connectivity index (χ2n) is 7.34. The highest BCUT2D eigenvalue weighted by Gasteiger charge is 2.21. The number of para-hydroxylation sites is 1. The van der Waals surface area contributed by atoms with E-state index in [1.807, 2.05) is 18.2 Å². The Hall–Kier alpha value is -3.26. The summed E-state index contributed by atoms with van der Waals surface area (Å²) in [6.45, 7) is 0. The summed E-state index contributed by atoms with van der Waals surface area (Å²) in [5.74, 6) is 0.141. The first-order chi connectivity index (χ1) is 14.7. The van der Waals surface area contributed by atoms with Crippen molar-refractivity contribution in [1.82, 2.24) is 19.5 Å². The summed E-state index contributed by atoms with van der Waals surface area (Å²) in [6, 6.07) is 15.5. The Bertz CT molecular complexity index is 1270. The predicted octanol–water partition coefficient (Wildman–Crippen LogP) is 3.65. The third kappa shape index (κ3) is 3.66. The van der Waals surface area contributed by atoms with E-state index in [-0.39, 0.29) is 17.3 Å². The minimum atomic E-state index is -0.263. The molecule has 0 spiro atoms. The average Bonchev–Trinajstić information content (AvgIpc) is 3.31. The van der Waals surface area contributed by atoms with E-state index in [0.717, 1.165) is 35.8 Å². The molecule has 0 fully saturated rings. The average molecular weight is 420 g/mol. The van der Waals surface area contributed by atoms with Crippen LogP contribution in [0, 0.1) is 0 Å². The highest BCUT2D eigenvalue weighted by atomic mass is 32.2. The number of aromatic nitrogens is 4. The van der Waals surface area contributed by atoms with Crippen LogP contribution in [0.4, 0.5) is 5.69 Å². The number of thioether (sulfide) groups is 1. The van der Waals surface area contributed by atoms with Crippen molar-refractivity contribution in [3.8, 4) is 5.69 Å². The molecule has 0 atom stereocenters. The van der Waals surface area contributed by atoms with Gasteiger partial charge in [0.25, 0.3) is 0 Å². The molecule has 7 nitrogen and oxygen atoms in total. The van der Waals surface area contributed by atoms with Gasteiger partial charge in [-0.05, 0) is 56.0 Å². The number of hydrogen-bond acceptors (Lipinski definition) is 4. The Kier molecular flexibility index (Phi) is 4.92. The molecule has 1 aliphatic carbocycles. The molecule has 0 saturated carbocycles. The third-order valence-corrected chi connectivity index (χ3v) is 6.19. The van der Waals surface area contributed by atoms with Gasteiger partial charge in [0.15, 0.2) is 5.16 Å². The number of hydrogen-bond donors (Lipinski definition) is 3. The topological polar surface area (TPSA) is 95.6 Å². The van der Waals surface area contributed by atoms with Crippen LogP contribution in [0.3, 0.4) is 0 Å². The molecule has 5 rings (SSSR count). The quantitative estimate of drug-likeness (QED) is 0.430. The lowest BCUT2D eigenvalue weighted by molar-refractivity contribution is -0.113. The second-order valence-corrected chi connectivity index (χ2v) is 8.28. The standard InChI is InChI=1S/C22H21N5O2S/c28-20(23-14-10-11-16-18(12-14)25-21(29)24-16)13-30-22-26-17-8-4-5-9-19(17)27(22)15-6-2-1-3-7-15/h1-3,6-7,10-12H,4-5,8-9,13H2,(H,23,28)(H2,24,25,29). The van der Waals surface area contributed by atoms with Crippen molar-refractivity contribution < 1.29 is 4.79 Å². The van der Waals surface area contributed by atoms with Crippen molar-refractivity contribution in [3.05, 3.63) is 70.4 Å². The number of nitrogens with zero attached hydrogens (tertiary/aromatic N) is 2. The predicted molar refractivity (Wildman–Crippen MR) is 118 cm³/mol. The molecule has 0 saturated heterocycles. The molecule has 8 heteroatoms. The number of anilines is 1. The van der Waals surface area contributed by atoms with Crippen LogP contribution in [0.1, 0.15) is 24.2 Å². The molecular weight excluding hydrogens is 398 g/mol. The van der Waals surface area contributed by atoms with Gasteiger partial charge >= 0.3 is 5.69 Å². The van der Waals surface area contributed by atoms with Gasteiger partial charge < -0.3 is 15.3 Å². The monoisotopic (exact) mass is 419 g/mol. The van der Waals surface area contributed by atoms with Crippen LogP contribution in [-0.4, -0.2) is 31.2 Å². The summed E-state index contributed by atoms with van der Waals surface area (Å²) in [5, 5.41) is 3.76. The van der Waals surface area contributed by atoms with Gasteiger partial charge in [-0.25, -0.2) is 9.78 Å². The van der Waals surface area contributed by atoms with Gasteiger partial charge in [0, 0.05) is 17.1 Å². The molecule has 1 aliphatic rings. The van der Waals surface area contributed by atoms with Crippen LogP contribution in [-0.2, 0) is 17.6 Å². The Morgan fingerprint density at radius 1 is 1.07 bits per heavy atom. The third-order valence-electron chi connectivity index (χ3n) is 5.25. The molecule has 2 heterocycles. The molecule has 0 aliphatic heterocycles. The number of H-pyrrole nitrogens is 2. The minimum Gasteiger partial charge on any atom is -0.325 e. The van der Waals surface area contributed by atoms with E-state index in [0.29, 0.717) is 16.7 Å². The molecule has 0 unspecified atom stereocenters. The number of aromatic amines is 2. The summed E-state index contributed by atoms with van der Waals surface area (Å²) in [5.41, 5.74) is 5.25. The molecule has 152 valence electrons. The van der Waals surface area contributed by atoms with Crippen molar-refractivity contribution in [1.29, 1.82) is 0 Å². The minimum absolute atomic E-state index is 0.113. The SMILES string of the molecule is O=C(CSc1nc2c(n1-c1ccccc1)CCCC2)Nc1ccc2[nH]c(=O)[nH]c2c1. The first kappa shape index (κ1) is 18.7. The van der Waals surface area contributed by atoms with Crippen LogP contribution in [0.15, 0.2) is 58.5 Å². The fourth-order valence-electron chi connectivity index (χ4n) is 3.89. The van der Waals surface area contributed by atoms with Gasteiger partial charge in [0.05, 0.1) is 22.5 Å². The van der Waals surface area contributed by atoms with E-state index < -0.39 is 0 Å². The lowest BCUT2D eigenvalue weighted by Gasteiger charge is -2.15. The normalized spacial score (nSPS) is 13.3. The van der Waals surface area contributed by atoms with Gasteiger partial charge in [-0.2, -0.15) is 0 Å². The summed E-state index contributed by atoms with van der Waals surface area (Å²) < 4.78 is 2.20. The fourth-order valence-corrected chi connectivity index (χ4v) is 4.75. The van der Waals surface area contributed by atoms with Gasteiger partial charge in [-0.15, -0.1) is 0 Å². The first-order valence-corrected chi connectivity index (χ1v) is 11.0. The summed E-state index contributed by atoms with van der Waals surface area (Å²) in [6.07, 6.45) is 4.33. The number of carbonyl (C=O) groups excluding carboxylic acids is 1. The zero-order chi connectivity index (χ0) is 20.5. The lowest BCUT2D eigenvalue weighted by atomic mass is 10.0. The number of carbonyl (C=O) groups is 1. The first-order valence-electron chi connectivity index (χ1n) is 9.98.